The third-order valence-corrected chi connectivity index (χ3v) is 2.37. The van der Waals surface area contributed by atoms with Gasteiger partial charge in [0, 0.05) is 11.4 Å². The molecule has 0 saturated carbocycles. The molecule has 2 nitrogen and oxygen atoms in total. The summed E-state index contributed by atoms with van der Waals surface area (Å²) < 4.78 is 65.5. The third kappa shape index (κ3) is 2.31. The molecular formula is C12H7F5N2. The van der Waals surface area contributed by atoms with E-state index in [1.165, 1.54) is 24.3 Å². The van der Waals surface area contributed by atoms with Gasteiger partial charge in [0.05, 0.1) is 0 Å². The molecule has 0 atom stereocenters. The van der Waals surface area contributed by atoms with Crippen molar-refractivity contribution >= 4 is 17.1 Å². The van der Waals surface area contributed by atoms with E-state index in [0.29, 0.717) is 0 Å². The Balaban J connectivity index is 2.52. The fraction of sp³-hybridized carbons (Fsp3) is 0. The summed E-state index contributed by atoms with van der Waals surface area (Å²) in [7, 11) is 0. The summed E-state index contributed by atoms with van der Waals surface area (Å²) in [4.78, 5) is 0. The molecule has 0 saturated heterocycles. The molecule has 19 heavy (non-hydrogen) atoms. The van der Waals surface area contributed by atoms with E-state index in [1.807, 2.05) is 0 Å². The second-order valence-corrected chi connectivity index (χ2v) is 3.70. The van der Waals surface area contributed by atoms with Crippen LogP contribution < -0.4 is 11.1 Å². The van der Waals surface area contributed by atoms with Gasteiger partial charge in [0.1, 0.15) is 5.69 Å². The van der Waals surface area contributed by atoms with E-state index in [-0.39, 0.29) is 11.4 Å². The predicted molar refractivity (Wildman–Crippen MR) is 60.4 cm³/mol. The first-order chi connectivity index (χ1) is 8.91. The Morgan fingerprint density at radius 2 is 1.32 bits per heavy atom. The average Bonchev–Trinajstić information content (AvgIpc) is 2.39. The van der Waals surface area contributed by atoms with Crippen molar-refractivity contribution in [2.45, 2.75) is 0 Å². The molecule has 0 amide bonds. The molecule has 0 spiro atoms. The molecule has 7 heteroatoms. The number of nitrogens with two attached hydrogens (primary N) is 1. The largest absolute Gasteiger partial charge is 0.399 e. The summed E-state index contributed by atoms with van der Waals surface area (Å²) in [6, 6.07) is 5.62. The minimum atomic E-state index is -2.20. The molecule has 2 aromatic rings. The van der Waals surface area contributed by atoms with Crippen LogP contribution in [-0.2, 0) is 0 Å². The van der Waals surface area contributed by atoms with Crippen LogP contribution >= 0.6 is 0 Å². The topological polar surface area (TPSA) is 38.0 Å². The highest BCUT2D eigenvalue weighted by Crippen LogP contribution is 2.29. The Hall–Kier alpha value is -2.31. The van der Waals surface area contributed by atoms with Crippen molar-refractivity contribution < 1.29 is 22.0 Å². The van der Waals surface area contributed by atoms with Crippen LogP contribution in [0.4, 0.5) is 39.0 Å². The van der Waals surface area contributed by atoms with Gasteiger partial charge in [-0.2, -0.15) is 0 Å². The zero-order chi connectivity index (χ0) is 14.2. The van der Waals surface area contributed by atoms with Crippen molar-refractivity contribution in [2.75, 3.05) is 11.1 Å². The molecule has 0 aliphatic heterocycles. The molecule has 0 fully saturated rings. The van der Waals surface area contributed by atoms with Crippen molar-refractivity contribution in [3.8, 4) is 0 Å². The standard InChI is InChI=1S/C12H7F5N2/c13-7-8(14)10(16)12(11(17)9(7)15)19-6-3-1-2-5(18)4-6/h1-4,19H,18H2. The number of halogens is 5. The lowest BCUT2D eigenvalue weighted by molar-refractivity contribution is 0.382. The third-order valence-electron chi connectivity index (χ3n) is 2.37. The SMILES string of the molecule is Nc1cccc(Nc2c(F)c(F)c(F)c(F)c2F)c1. The van der Waals surface area contributed by atoms with Crippen LogP contribution in [0, 0.1) is 29.1 Å². The van der Waals surface area contributed by atoms with Gasteiger partial charge in [0.2, 0.25) is 5.82 Å². The van der Waals surface area contributed by atoms with Crippen LogP contribution in [0.15, 0.2) is 24.3 Å². The highest BCUT2D eigenvalue weighted by Gasteiger charge is 2.25. The molecular weight excluding hydrogens is 267 g/mol. The Morgan fingerprint density at radius 3 is 1.84 bits per heavy atom. The molecule has 0 aliphatic rings. The number of anilines is 3. The van der Waals surface area contributed by atoms with Crippen molar-refractivity contribution in [1.29, 1.82) is 0 Å². The number of hydrogen-bond acceptors (Lipinski definition) is 2. The maximum absolute atomic E-state index is 13.4. The molecule has 100 valence electrons. The van der Waals surface area contributed by atoms with Crippen LogP contribution in [0.3, 0.4) is 0 Å². The monoisotopic (exact) mass is 274 g/mol. The molecule has 0 bridgehead atoms. The smallest absolute Gasteiger partial charge is 0.200 e. The minimum Gasteiger partial charge on any atom is -0.399 e. The number of benzene rings is 2. The quantitative estimate of drug-likeness (QED) is 0.379. The van der Waals surface area contributed by atoms with Crippen LogP contribution in [0.25, 0.3) is 0 Å². The molecule has 0 unspecified atom stereocenters. The first-order valence-electron chi connectivity index (χ1n) is 5.05. The number of rotatable bonds is 2. The van der Waals surface area contributed by atoms with Gasteiger partial charge in [-0.3, -0.25) is 0 Å². The summed E-state index contributed by atoms with van der Waals surface area (Å²) >= 11 is 0. The summed E-state index contributed by atoms with van der Waals surface area (Å²) in [5.74, 6) is -10.1. The molecule has 2 aromatic carbocycles. The van der Waals surface area contributed by atoms with Crippen molar-refractivity contribution in [1.82, 2.24) is 0 Å². The lowest BCUT2D eigenvalue weighted by Crippen LogP contribution is -2.06. The van der Waals surface area contributed by atoms with E-state index in [9.17, 15) is 22.0 Å². The summed E-state index contributed by atoms with van der Waals surface area (Å²) in [5, 5.41) is 2.11. The van der Waals surface area contributed by atoms with E-state index in [0.717, 1.165) is 0 Å². The first kappa shape index (κ1) is 13.1. The van der Waals surface area contributed by atoms with Crippen LogP contribution in [0.2, 0.25) is 0 Å². The second kappa shape index (κ2) is 4.75. The van der Waals surface area contributed by atoms with Gasteiger partial charge < -0.3 is 11.1 Å². The molecule has 0 heterocycles. The highest BCUT2D eigenvalue weighted by atomic mass is 19.2. The molecule has 0 radical (unpaired) electrons. The van der Waals surface area contributed by atoms with Crippen molar-refractivity contribution in [3.05, 3.63) is 53.4 Å². The fourth-order valence-corrected chi connectivity index (χ4v) is 1.48. The van der Waals surface area contributed by atoms with Crippen LogP contribution in [0.5, 0.6) is 0 Å². The second-order valence-electron chi connectivity index (χ2n) is 3.70. The van der Waals surface area contributed by atoms with Gasteiger partial charge in [-0.25, -0.2) is 22.0 Å². The normalized spacial score (nSPS) is 10.6. The van der Waals surface area contributed by atoms with Crippen LogP contribution in [-0.4, -0.2) is 0 Å². The van der Waals surface area contributed by atoms with E-state index in [1.54, 1.807) is 0 Å². The summed E-state index contributed by atoms with van der Waals surface area (Å²) in [6.45, 7) is 0. The minimum absolute atomic E-state index is 0.100. The summed E-state index contributed by atoms with van der Waals surface area (Å²) in [5.41, 5.74) is 4.69. The molecule has 3 N–H and O–H groups in total. The lowest BCUT2D eigenvalue weighted by Gasteiger charge is -2.11. The van der Waals surface area contributed by atoms with E-state index >= 15 is 0 Å². The summed E-state index contributed by atoms with van der Waals surface area (Å²) in [6.07, 6.45) is 0. The Labute approximate surface area is 104 Å². The molecule has 0 aliphatic carbocycles. The first-order valence-corrected chi connectivity index (χ1v) is 5.05. The van der Waals surface area contributed by atoms with Gasteiger partial charge in [-0.15, -0.1) is 0 Å². The van der Waals surface area contributed by atoms with Crippen molar-refractivity contribution in [3.63, 3.8) is 0 Å². The van der Waals surface area contributed by atoms with Gasteiger partial charge in [0.15, 0.2) is 23.3 Å². The van der Waals surface area contributed by atoms with Gasteiger partial charge in [-0.05, 0) is 18.2 Å². The van der Waals surface area contributed by atoms with Gasteiger partial charge in [0.25, 0.3) is 0 Å². The van der Waals surface area contributed by atoms with E-state index < -0.39 is 34.8 Å². The maximum Gasteiger partial charge on any atom is 0.200 e. The van der Waals surface area contributed by atoms with Gasteiger partial charge >= 0.3 is 0 Å². The zero-order valence-electron chi connectivity index (χ0n) is 9.28. The Morgan fingerprint density at radius 1 is 0.789 bits per heavy atom. The predicted octanol–water partition coefficient (Wildman–Crippen LogP) is 3.71. The zero-order valence-corrected chi connectivity index (χ0v) is 9.28. The maximum atomic E-state index is 13.4. The van der Waals surface area contributed by atoms with E-state index in [4.69, 9.17) is 5.73 Å². The lowest BCUT2D eigenvalue weighted by atomic mass is 10.2. The molecule has 0 aromatic heterocycles. The van der Waals surface area contributed by atoms with Crippen LogP contribution in [0.1, 0.15) is 0 Å². The number of nitrogens with one attached hydrogen (secondary N) is 1. The highest BCUT2D eigenvalue weighted by molar-refractivity contribution is 5.64. The van der Waals surface area contributed by atoms with Gasteiger partial charge in [-0.1, -0.05) is 6.07 Å². The number of hydrogen-bond donors (Lipinski definition) is 2. The van der Waals surface area contributed by atoms with E-state index in [2.05, 4.69) is 5.32 Å². The number of nitrogen functional groups attached to an aromatic ring is 1. The fourth-order valence-electron chi connectivity index (χ4n) is 1.48. The Bertz CT molecular complexity index is 613. The molecule has 2 rings (SSSR count). The Kier molecular flexibility index (Phi) is 3.28. The average molecular weight is 274 g/mol. The van der Waals surface area contributed by atoms with Crippen molar-refractivity contribution in [2.24, 2.45) is 0 Å².